The highest BCUT2D eigenvalue weighted by Gasteiger charge is 2.49. The van der Waals surface area contributed by atoms with Crippen molar-refractivity contribution in [3.05, 3.63) is 0 Å². The SMILES string of the molecule is CCCC1C(=O)NC(C2CCCCCC2)C(=O)NC(CN)C(=O)NC(COCCCNCCCN)C(=O)N[C@H](C)CO[C@H](CC2CC3(CCC3)C2)C(C)C(=O)N1C. The quantitative estimate of drug-likeness (QED) is 0.0942. The number of ether oxygens (including phenoxy) is 2. The Balaban J connectivity index is 1.60. The van der Waals surface area contributed by atoms with Gasteiger partial charge in [-0.25, -0.2) is 0 Å². The van der Waals surface area contributed by atoms with Gasteiger partial charge in [0.05, 0.1) is 25.2 Å². The van der Waals surface area contributed by atoms with Crippen LogP contribution >= 0.6 is 0 Å². The van der Waals surface area contributed by atoms with E-state index >= 15 is 0 Å². The molecule has 1 spiro atoms. The van der Waals surface area contributed by atoms with Crippen molar-refractivity contribution >= 4 is 29.5 Å². The van der Waals surface area contributed by atoms with Crippen LogP contribution in [0.5, 0.6) is 0 Å². The van der Waals surface area contributed by atoms with Gasteiger partial charge in [-0.1, -0.05) is 52.4 Å². The van der Waals surface area contributed by atoms with E-state index in [1.165, 1.54) is 24.2 Å². The topological polar surface area (TPSA) is 219 Å². The van der Waals surface area contributed by atoms with Crippen LogP contribution in [0.15, 0.2) is 0 Å². The second-order valence-corrected chi connectivity index (χ2v) is 17.6. The maximum Gasteiger partial charge on any atom is 0.245 e. The number of rotatable bonds is 15. The molecule has 5 unspecified atom stereocenters. The lowest BCUT2D eigenvalue weighted by Crippen LogP contribution is -2.62. The molecule has 5 amide bonds. The van der Waals surface area contributed by atoms with Gasteiger partial charge < -0.3 is 52.4 Å². The summed E-state index contributed by atoms with van der Waals surface area (Å²) in [5.41, 5.74) is 12.1. The lowest BCUT2D eigenvalue weighted by molar-refractivity contribution is -0.148. The van der Waals surface area contributed by atoms with E-state index in [4.69, 9.17) is 20.9 Å². The largest absolute Gasteiger partial charge is 0.379 e. The number of nitrogens with zero attached hydrogens (tertiary/aromatic N) is 1. The lowest BCUT2D eigenvalue weighted by atomic mass is 9.51. The van der Waals surface area contributed by atoms with Crippen molar-refractivity contribution in [1.29, 1.82) is 0 Å². The second kappa shape index (κ2) is 23.7. The van der Waals surface area contributed by atoms with Crippen LogP contribution in [0.2, 0.25) is 0 Å². The van der Waals surface area contributed by atoms with Gasteiger partial charge in [-0.05, 0) is 108 Å². The molecule has 9 N–H and O–H groups in total. The van der Waals surface area contributed by atoms with Gasteiger partial charge >= 0.3 is 0 Å². The Morgan fingerprint density at radius 3 is 2.14 bits per heavy atom. The summed E-state index contributed by atoms with van der Waals surface area (Å²) in [5.74, 6) is -2.46. The van der Waals surface area contributed by atoms with Gasteiger partial charge in [0.1, 0.15) is 24.2 Å². The Hall–Kier alpha value is -2.85. The first-order chi connectivity index (χ1) is 27.4. The molecule has 57 heavy (non-hydrogen) atoms. The van der Waals surface area contributed by atoms with Crippen LogP contribution in [0.4, 0.5) is 0 Å². The molecule has 1 saturated heterocycles. The number of hydrogen-bond acceptors (Lipinski definition) is 10. The van der Waals surface area contributed by atoms with Crippen LogP contribution in [0, 0.1) is 23.2 Å². The summed E-state index contributed by atoms with van der Waals surface area (Å²) in [5, 5.41) is 14.9. The average Bonchev–Trinajstić information content (AvgIpc) is 3.45. The molecule has 1 heterocycles. The summed E-state index contributed by atoms with van der Waals surface area (Å²) in [6.45, 7) is 7.99. The predicted octanol–water partition coefficient (Wildman–Crippen LogP) is 1.85. The zero-order valence-corrected chi connectivity index (χ0v) is 35.4. The first-order valence-electron chi connectivity index (χ1n) is 22.2. The number of hydrogen-bond donors (Lipinski definition) is 7. The summed E-state index contributed by atoms with van der Waals surface area (Å²) in [6.07, 6.45) is 14.4. The van der Waals surface area contributed by atoms with Gasteiger partial charge in [0.15, 0.2) is 0 Å². The molecule has 0 bridgehead atoms. The molecule has 3 saturated carbocycles. The molecule has 4 fully saturated rings. The smallest absolute Gasteiger partial charge is 0.245 e. The Labute approximate surface area is 341 Å². The number of likely N-dealkylation sites (N-methyl/N-ethyl adjacent to an activating group) is 1. The van der Waals surface area contributed by atoms with E-state index in [9.17, 15) is 24.0 Å². The van der Waals surface area contributed by atoms with Crippen LogP contribution in [0.1, 0.15) is 124 Å². The van der Waals surface area contributed by atoms with Crippen molar-refractivity contribution in [3.8, 4) is 0 Å². The number of amides is 5. The third kappa shape index (κ3) is 13.9. The van der Waals surface area contributed by atoms with Crippen molar-refractivity contribution in [2.45, 2.75) is 160 Å². The zero-order valence-electron chi connectivity index (χ0n) is 35.4. The molecule has 7 atom stereocenters. The van der Waals surface area contributed by atoms with Crippen LogP contribution in [0.25, 0.3) is 0 Å². The summed E-state index contributed by atoms with van der Waals surface area (Å²) < 4.78 is 12.4. The monoisotopic (exact) mass is 805 g/mol. The summed E-state index contributed by atoms with van der Waals surface area (Å²) in [7, 11) is 1.67. The highest BCUT2D eigenvalue weighted by Crippen LogP contribution is 2.60. The van der Waals surface area contributed by atoms with Crippen LogP contribution in [0.3, 0.4) is 0 Å². The number of carbonyl (C=O) groups excluding carboxylic acids is 5. The van der Waals surface area contributed by atoms with Gasteiger partial charge in [-0.3, -0.25) is 24.0 Å². The third-order valence-electron chi connectivity index (χ3n) is 12.9. The molecule has 0 radical (unpaired) electrons. The average molecular weight is 805 g/mol. The van der Waals surface area contributed by atoms with Gasteiger partial charge in [0, 0.05) is 26.2 Å². The van der Waals surface area contributed by atoms with E-state index in [2.05, 4.69) is 26.6 Å². The molecule has 0 aromatic heterocycles. The van der Waals surface area contributed by atoms with E-state index in [1.54, 1.807) is 7.05 Å². The standard InChI is InChI=1S/C42H76N8O7/c1-5-13-34-39(53)49-36(31-14-8-6-7-9-15-31)40(54)47-32(25-44)37(51)48-33(27-56-21-12-20-45-19-11-18-43)38(52)46-28(2)26-57-35(29(3)41(55)50(34)4)22-30-23-42(24-30)16-10-17-42/h28-36,45H,5-27,43-44H2,1-4H3,(H,46,52)(H,47,54)(H,48,51)(H,49,53)/t28-,29?,32?,33?,34?,35-,36?/m1/s1. The van der Waals surface area contributed by atoms with Gasteiger partial charge in [0.25, 0.3) is 0 Å². The van der Waals surface area contributed by atoms with Crippen molar-refractivity contribution in [2.75, 3.05) is 53.0 Å². The molecule has 3 aliphatic carbocycles. The van der Waals surface area contributed by atoms with Gasteiger partial charge in [-0.15, -0.1) is 0 Å². The molecule has 0 aromatic rings. The Kier molecular flexibility index (Phi) is 19.4. The second-order valence-electron chi connectivity index (χ2n) is 17.6. The first kappa shape index (κ1) is 46.8. The van der Waals surface area contributed by atoms with E-state index in [0.717, 1.165) is 70.9 Å². The molecule has 1 aliphatic heterocycles. The van der Waals surface area contributed by atoms with E-state index < -0.39 is 65.9 Å². The molecule has 326 valence electrons. The fraction of sp³-hybridized carbons (Fsp3) is 0.881. The Morgan fingerprint density at radius 2 is 1.51 bits per heavy atom. The fourth-order valence-corrected chi connectivity index (χ4v) is 9.31. The molecule has 4 rings (SSSR count). The van der Waals surface area contributed by atoms with E-state index in [-0.39, 0.29) is 31.6 Å². The number of nitrogens with one attached hydrogen (secondary N) is 5. The highest BCUT2D eigenvalue weighted by molar-refractivity contribution is 5.96. The molecule has 4 aliphatic rings. The first-order valence-corrected chi connectivity index (χ1v) is 22.2. The van der Waals surface area contributed by atoms with Crippen LogP contribution in [-0.4, -0.2) is 124 Å². The molecule has 0 aromatic carbocycles. The molecule has 15 heteroatoms. The maximum atomic E-state index is 14.3. The van der Waals surface area contributed by atoms with E-state index in [0.29, 0.717) is 50.2 Å². The minimum Gasteiger partial charge on any atom is -0.379 e. The fourth-order valence-electron chi connectivity index (χ4n) is 9.31. The number of nitrogens with two attached hydrogens (primary N) is 2. The van der Waals surface area contributed by atoms with Crippen molar-refractivity contribution in [3.63, 3.8) is 0 Å². The minimum absolute atomic E-state index is 0.0946. The lowest BCUT2D eigenvalue weighted by Gasteiger charge is -2.55. The van der Waals surface area contributed by atoms with Gasteiger partial charge in [-0.2, -0.15) is 0 Å². The minimum atomic E-state index is -1.17. The highest BCUT2D eigenvalue weighted by atomic mass is 16.5. The predicted molar refractivity (Wildman–Crippen MR) is 220 cm³/mol. The van der Waals surface area contributed by atoms with Gasteiger partial charge in [0.2, 0.25) is 29.5 Å². The molecule has 15 nitrogen and oxygen atoms in total. The summed E-state index contributed by atoms with van der Waals surface area (Å²) in [4.78, 5) is 71.9. The van der Waals surface area contributed by atoms with Crippen molar-refractivity contribution in [2.24, 2.45) is 34.6 Å². The van der Waals surface area contributed by atoms with Crippen molar-refractivity contribution in [1.82, 2.24) is 31.5 Å². The molecular weight excluding hydrogens is 729 g/mol. The van der Waals surface area contributed by atoms with Crippen LogP contribution in [-0.2, 0) is 33.4 Å². The summed E-state index contributed by atoms with van der Waals surface area (Å²) >= 11 is 0. The Morgan fingerprint density at radius 1 is 0.842 bits per heavy atom. The third-order valence-corrected chi connectivity index (χ3v) is 12.9. The maximum absolute atomic E-state index is 14.3. The van der Waals surface area contributed by atoms with Crippen molar-refractivity contribution < 1.29 is 33.4 Å². The van der Waals surface area contributed by atoms with Crippen LogP contribution < -0.4 is 38.1 Å². The Bertz CT molecular complexity index is 1280. The molecular formula is C42H76N8O7. The number of carbonyl (C=O) groups is 5. The zero-order chi connectivity index (χ0) is 41.4. The summed E-state index contributed by atoms with van der Waals surface area (Å²) in [6, 6.07) is -4.45. The van der Waals surface area contributed by atoms with E-state index in [1.807, 2.05) is 20.8 Å². The normalized spacial score (nSPS) is 30.5.